The van der Waals surface area contributed by atoms with E-state index in [1.165, 1.54) is 18.6 Å². The second-order valence-electron chi connectivity index (χ2n) is 6.70. The fourth-order valence-corrected chi connectivity index (χ4v) is 3.51. The number of nitrogens with zero attached hydrogens (tertiary/aromatic N) is 1. The van der Waals surface area contributed by atoms with Crippen molar-refractivity contribution in [1.82, 2.24) is 4.90 Å². The molecule has 24 heavy (non-hydrogen) atoms. The molecule has 2 aromatic carbocycles. The molecule has 4 heteroatoms. The number of phenolic OH excluding ortho intramolecular Hbond substituents is 1. The van der Waals surface area contributed by atoms with Gasteiger partial charge in [-0.05, 0) is 73.5 Å². The summed E-state index contributed by atoms with van der Waals surface area (Å²) in [6.45, 7) is 2.92. The van der Waals surface area contributed by atoms with E-state index in [1.807, 2.05) is 18.2 Å². The number of hydrogen-bond acceptors (Lipinski definition) is 2. The van der Waals surface area contributed by atoms with Crippen molar-refractivity contribution in [3.8, 4) is 5.75 Å². The van der Waals surface area contributed by atoms with Crippen molar-refractivity contribution in [2.24, 2.45) is 5.92 Å². The van der Waals surface area contributed by atoms with Crippen molar-refractivity contribution >= 4 is 0 Å². The van der Waals surface area contributed by atoms with Crippen LogP contribution in [-0.4, -0.2) is 23.1 Å². The number of aryl methyl sites for hydroxylation is 1. The van der Waals surface area contributed by atoms with E-state index < -0.39 is 11.6 Å². The number of benzene rings is 2. The molecule has 2 nitrogen and oxygen atoms in total. The Morgan fingerprint density at radius 1 is 1.04 bits per heavy atom. The predicted octanol–water partition coefficient (Wildman–Crippen LogP) is 4.52. The highest BCUT2D eigenvalue weighted by Crippen LogP contribution is 2.24. The molecule has 0 spiro atoms. The summed E-state index contributed by atoms with van der Waals surface area (Å²) in [7, 11) is 0. The van der Waals surface area contributed by atoms with Gasteiger partial charge in [0, 0.05) is 13.1 Å². The molecular weight excluding hydrogens is 308 g/mol. The topological polar surface area (TPSA) is 23.5 Å². The lowest BCUT2D eigenvalue weighted by atomic mass is 9.91. The van der Waals surface area contributed by atoms with Crippen LogP contribution in [0, 0.1) is 17.6 Å². The molecule has 0 aromatic heterocycles. The number of hydrogen-bond donors (Lipinski definition) is 1. The van der Waals surface area contributed by atoms with Crippen LogP contribution in [0.3, 0.4) is 0 Å². The zero-order valence-corrected chi connectivity index (χ0v) is 13.7. The second-order valence-corrected chi connectivity index (χ2v) is 6.70. The highest BCUT2D eigenvalue weighted by atomic mass is 19.2. The third-order valence-corrected chi connectivity index (χ3v) is 4.75. The number of rotatable bonds is 5. The van der Waals surface area contributed by atoms with E-state index in [0.717, 1.165) is 50.0 Å². The largest absolute Gasteiger partial charge is 0.508 e. The standard InChI is InChI=1S/C20H23F2NO/c21-19-9-8-15(12-20(19)22)6-7-16-4-2-10-23(13-16)14-17-3-1-5-18(24)11-17/h1,3,5,8-9,11-12,16,24H,2,4,6-7,10,13-14H2/t16-/m0/s1. The van der Waals surface area contributed by atoms with Gasteiger partial charge in [0.25, 0.3) is 0 Å². The number of aromatic hydroxyl groups is 1. The van der Waals surface area contributed by atoms with Crippen LogP contribution in [-0.2, 0) is 13.0 Å². The van der Waals surface area contributed by atoms with Gasteiger partial charge in [-0.2, -0.15) is 0 Å². The number of likely N-dealkylation sites (tertiary alicyclic amines) is 1. The van der Waals surface area contributed by atoms with Gasteiger partial charge < -0.3 is 5.11 Å². The normalized spacial score (nSPS) is 18.7. The van der Waals surface area contributed by atoms with Gasteiger partial charge in [-0.25, -0.2) is 8.78 Å². The highest BCUT2D eigenvalue weighted by molar-refractivity contribution is 5.27. The lowest BCUT2D eigenvalue weighted by Crippen LogP contribution is -2.35. The minimum absolute atomic E-state index is 0.305. The second kappa shape index (κ2) is 7.75. The summed E-state index contributed by atoms with van der Waals surface area (Å²) < 4.78 is 26.3. The molecule has 1 aliphatic rings. The number of halogens is 2. The molecule has 1 fully saturated rings. The molecule has 0 radical (unpaired) electrons. The first-order chi connectivity index (χ1) is 11.6. The van der Waals surface area contributed by atoms with Crippen molar-refractivity contribution < 1.29 is 13.9 Å². The minimum Gasteiger partial charge on any atom is -0.508 e. The van der Waals surface area contributed by atoms with Gasteiger partial charge in [0.05, 0.1) is 0 Å². The zero-order valence-electron chi connectivity index (χ0n) is 13.7. The Labute approximate surface area is 141 Å². The summed E-state index contributed by atoms with van der Waals surface area (Å²) in [6.07, 6.45) is 4.10. The van der Waals surface area contributed by atoms with E-state index in [0.29, 0.717) is 11.7 Å². The lowest BCUT2D eigenvalue weighted by Gasteiger charge is -2.33. The summed E-state index contributed by atoms with van der Waals surface area (Å²) in [5, 5.41) is 9.57. The summed E-state index contributed by atoms with van der Waals surface area (Å²) in [4.78, 5) is 2.41. The van der Waals surface area contributed by atoms with Crippen LogP contribution in [0.15, 0.2) is 42.5 Å². The van der Waals surface area contributed by atoms with Gasteiger partial charge in [-0.15, -0.1) is 0 Å². The van der Waals surface area contributed by atoms with Gasteiger partial charge in [0.1, 0.15) is 5.75 Å². The summed E-state index contributed by atoms with van der Waals surface area (Å²) in [5.41, 5.74) is 1.98. The van der Waals surface area contributed by atoms with Gasteiger partial charge >= 0.3 is 0 Å². The molecule has 0 bridgehead atoms. The minimum atomic E-state index is -0.784. The van der Waals surface area contributed by atoms with Crippen LogP contribution < -0.4 is 0 Å². The maximum absolute atomic E-state index is 13.3. The molecule has 1 atom stereocenters. The molecule has 128 valence electrons. The third-order valence-electron chi connectivity index (χ3n) is 4.75. The Bertz CT molecular complexity index is 689. The van der Waals surface area contributed by atoms with E-state index in [9.17, 15) is 13.9 Å². The zero-order chi connectivity index (χ0) is 16.9. The van der Waals surface area contributed by atoms with Crippen LogP contribution in [0.1, 0.15) is 30.4 Å². The molecule has 0 amide bonds. The quantitative estimate of drug-likeness (QED) is 0.871. The molecule has 0 aliphatic carbocycles. The Morgan fingerprint density at radius 3 is 2.71 bits per heavy atom. The third kappa shape index (κ3) is 4.54. The van der Waals surface area contributed by atoms with Crippen LogP contribution in [0.2, 0.25) is 0 Å². The van der Waals surface area contributed by atoms with E-state index >= 15 is 0 Å². The van der Waals surface area contributed by atoms with Gasteiger partial charge in [0.2, 0.25) is 0 Å². The molecule has 0 saturated carbocycles. The van der Waals surface area contributed by atoms with Gasteiger partial charge in [0.15, 0.2) is 11.6 Å². The van der Waals surface area contributed by atoms with Crippen LogP contribution in [0.5, 0.6) is 5.75 Å². The first-order valence-corrected chi connectivity index (χ1v) is 8.54. The maximum Gasteiger partial charge on any atom is 0.159 e. The summed E-state index contributed by atoms with van der Waals surface area (Å²) in [6, 6.07) is 11.6. The molecule has 1 aliphatic heterocycles. The highest BCUT2D eigenvalue weighted by Gasteiger charge is 2.20. The number of piperidine rings is 1. The molecule has 0 unspecified atom stereocenters. The lowest BCUT2D eigenvalue weighted by molar-refractivity contribution is 0.161. The smallest absolute Gasteiger partial charge is 0.159 e. The molecule has 1 N–H and O–H groups in total. The van der Waals surface area contributed by atoms with E-state index in [2.05, 4.69) is 4.90 Å². The van der Waals surface area contributed by atoms with Crippen molar-refractivity contribution in [3.63, 3.8) is 0 Å². The first kappa shape index (κ1) is 16.9. The Kier molecular flexibility index (Phi) is 5.46. The van der Waals surface area contributed by atoms with Crippen LogP contribution in [0.4, 0.5) is 8.78 Å². The molecule has 2 aromatic rings. The Hall–Kier alpha value is -1.94. The predicted molar refractivity (Wildman–Crippen MR) is 90.8 cm³/mol. The SMILES string of the molecule is Oc1cccc(CN2CCC[C@@H](CCc3ccc(F)c(F)c3)C2)c1. The van der Waals surface area contributed by atoms with Crippen molar-refractivity contribution in [3.05, 3.63) is 65.2 Å². The Morgan fingerprint density at radius 2 is 1.92 bits per heavy atom. The average Bonchev–Trinajstić information content (AvgIpc) is 2.56. The van der Waals surface area contributed by atoms with Crippen LogP contribution >= 0.6 is 0 Å². The van der Waals surface area contributed by atoms with Crippen molar-refractivity contribution in [2.75, 3.05) is 13.1 Å². The van der Waals surface area contributed by atoms with E-state index in [-0.39, 0.29) is 0 Å². The monoisotopic (exact) mass is 331 g/mol. The fourth-order valence-electron chi connectivity index (χ4n) is 3.51. The van der Waals surface area contributed by atoms with Gasteiger partial charge in [-0.3, -0.25) is 4.90 Å². The number of phenols is 1. The van der Waals surface area contributed by atoms with E-state index in [1.54, 1.807) is 12.1 Å². The van der Waals surface area contributed by atoms with Crippen molar-refractivity contribution in [2.45, 2.75) is 32.2 Å². The summed E-state index contributed by atoms with van der Waals surface area (Å²) >= 11 is 0. The summed E-state index contributed by atoms with van der Waals surface area (Å²) in [5.74, 6) is -0.668. The molecule has 3 rings (SSSR count). The Balaban J connectivity index is 1.52. The maximum atomic E-state index is 13.3. The van der Waals surface area contributed by atoms with Crippen LogP contribution in [0.25, 0.3) is 0 Å². The molecule has 1 saturated heterocycles. The first-order valence-electron chi connectivity index (χ1n) is 8.54. The average molecular weight is 331 g/mol. The molecule has 1 heterocycles. The van der Waals surface area contributed by atoms with Gasteiger partial charge in [-0.1, -0.05) is 18.2 Å². The van der Waals surface area contributed by atoms with E-state index in [4.69, 9.17) is 0 Å². The molecular formula is C20H23F2NO. The van der Waals surface area contributed by atoms with Crippen molar-refractivity contribution in [1.29, 1.82) is 0 Å². The fraction of sp³-hybridized carbons (Fsp3) is 0.400.